The number of esters is 1. The number of carbonyl (C=O) groups excluding carboxylic acids is 1. The smallest absolute Gasteiger partial charge is 0.330 e. The number of rotatable bonds is 3. The van der Waals surface area contributed by atoms with Crippen molar-refractivity contribution in [2.24, 2.45) is 56.7 Å². The van der Waals surface area contributed by atoms with Gasteiger partial charge in [-0.1, -0.05) is 52.8 Å². The van der Waals surface area contributed by atoms with Crippen LogP contribution in [0.25, 0.3) is 0 Å². The van der Waals surface area contributed by atoms with Crippen LogP contribution in [-0.4, -0.2) is 35.5 Å². The molecular weight excluding hydrogens is 460 g/mol. The van der Waals surface area contributed by atoms with Crippen LogP contribution in [0, 0.1) is 56.7 Å². The average molecular weight is 513 g/mol. The number of hydrogen-bond donors (Lipinski definition) is 2. The molecule has 5 rings (SSSR count). The average Bonchev–Trinajstić information content (AvgIpc) is 3.22. The Hall–Kier alpha value is -1.13. The topological polar surface area (TPSA) is 66.8 Å². The molecule has 0 saturated heterocycles. The largest absolute Gasteiger partial charge is 0.466 e. The number of hydrogen-bond acceptors (Lipinski definition) is 4. The Labute approximate surface area is 225 Å². The molecule has 0 aromatic carbocycles. The van der Waals surface area contributed by atoms with Crippen molar-refractivity contribution in [3.63, 3.8) is 0 Å². The van der Waals surface area contributed by atoms with E-state index in [1.165, 1.54) is 38.4 Å². The SMILES string of the molecule is C=C(C)[C@@H]1CC[C@]2(/C=C/C(=O)OC)CC[C@]3(C)C(CCC4[C@@]5(C)C[C@@H](O)[C@H](O)C(C)(C)C5CC[C@]43C)C12. The van der Waals surface area contributed by atoms with Gasteiger partial charge in [0.1, 0.15) is 0 Å². The number of aliphatic hydroxyl groups excluding tert-OH is 2. The highest BCUT2D eigenvalue weighted by atomic mass is 16.5. The second kappa shape index (κ2) is 8.68. The third-order valence-corrected chi connectivity index (χ3v) is 13.8. The van der Waals surface area contributed by atoms with Crippen molar-refractivity contribution < 1.29 is 19.7 Å². The van der Waals surface area contributed by atoms with Gasteiger partial charge in [0, 0.05) is 6.08 Å². The molecule has 5 fully saturated rings. The van der Waals surface area contributed by atoms with E-state index in [0.717, 1.165) is 25.7 Å². The minimum absolute atomic E-state index is 0.0336. The monoisotopic (exact) mass is 512 g/mol. The lowest BCUT2D eigenvalue weighted by Crippen LogP contribution is -2.68. The Balaban J connectivity index is 1.55. The van der Waals surface area contributed by atoms with Crippen molar-refractivity contribution in [3.05, 3.63) is 24.3 Å². The maximum atomic E-state index is 12.1. The van der Waals surface area contributed by atoms with Crippen molar-refractivity contribution in [1.29, 1.82) is 0 Å². The summed E-state index contributed by atoms with van der Waals surface area (Å²) in [4.78, 5) is 12.1. The molecule has 4 nitrogen and oxygen atoms in total. The fourth-order valence-corrected chi connectivity index (χ4v) is 11.9. The summed E-state index contributed by atoms with van der Waals surface area (Å²) in [6, 6.07) is 0. The standard InChI is InChI=1S/C33H52O4/c1-20(2)21-11-15-33(16-13-26(35)37-8)18-17-31(6)22(27(21)33)9-10-25-30(5)19-23(34)28(36)29(3,4)24(30)12-14-32(25,31)7/h13,16,21-25,27-28,34,36H,1,9-12,14-15,17-19H2,2-8H3/b16-13+/t21-,22?,23+,24?,25?,27?,28-,30-,31+,32+,33-/m0/s1. The van der Waals surface area contributed by atoms with E-state index in [1.54, 1.807) is 6.08 Å². The molecular formula is C33H52O4. The molecule has 5 aliphatic rings. The Bertz CT molecular complexity index is 983. The van der Waals surface area contributed by atoms with E-state index in [2.05, 4.69) is 54.2 Å². The van der Waals surface area contributed by atoms with E-state index < -0.39 is 12.2 Å². The summed E-state index contributed by atoms with van der Waals surface area (Å²) in [6.07, 6.45) is 12.7. The number of ether oxygens (including phenoxy) is 1. The first-order valence-electron chi connectivity index (χ1n) is 15.0. The Kier molecular flexibility index (Phi) is 6.44. The predicted molar refractivity (Wildman–Crippen MR) is 148 cm³/mol. The van der Waals surface area contributed by atoms with E-state index in [0.29, 0.717) is 36.0 Å². The normalized spacial score (nSPS) is 52.5. The number of aliphatic hydroxyl groups is 2. The molecule has 0 radical (unpaired) electrons. The van der Waals surface area contributed by atoms with E-state index in [4.69, 9.17) is 4.74 Å². The molecule has 2 N–H and O–H groups in total. The van der Waals surface area contributed by atoms with Crippen LogP contribution in [0.2, 0.25) is 0 Å². The lowest BCUT2D eigenvalue weighted by Gasteiger charge is -2.73. The van der Waals surface area contributed by atoms with Gasteiger partial charge in [-0.25, -0.2) is 4.79 Å². The van der Waals surface area contributed by atoms with Crippen LogP contribution in [-0.2, 0) is 9.53 Å². The van der Waals surface area contributed by atoms with Crippen LogP contribution in [0.4, 0.5) is 0 Å². The van der Waals surface area contributed by atoms with Crippen LogP contribution in [0.1, 0.15) is 99.3 Å². The summed E-state index contributed by atoms with van der Waals surface area (Å²) in [7, 11) is 1.46. The lowest BCUT2D eigenvalue weighted by molar-refractivity contribution is -0.261. The quantitative estimate of drug-likeness (QED) is 0.251. The summed E-state index contributed by atoms with van der Waals surface area (Å²) in [6.45, 7) is 18.7. The summed E-state index contributed by atoms with van der Waals surface area (Å²) in [5.74, 6) is 2.35. The minimum atomic E-state index is -0.645. The molecule has 37 heavy (non-hydrogen) atoms. The molecule has 5 aliphatic carbocycles. The van der Waals surface area contributed by atoms with Crippen molar-refractivity contribution >= 4 is 5.97 Å². The van der Waals surface area contributed by atoms with E-state index >= 15 is 0 Å². The van der Waals surface area contributed by atoms with E-state index in [9.17, 15) is 15.0 Å². The number of allylic oxidation sites excluding steroid dienone is 2. The Morgan fingerprint density at radius 2 is 1.62 bits per heavy atom. The zero-order valence-electron chi connectivity index (χ0n) is 24.5. The third-order valence-electron chi connectivity index (χ3n) is 13.8. The van der Waals surface area contributed by atoms with Gasteiger partial charge < -0.3 is 14.9 Å². The maximum Gasteiger partial charge on any atom is 0.330 e. The molecule has 0 amide bonds. The van der Waals surface area contributed by atoms with Crippen molar-refractivity contribution in [1.82, 2.24) is 0 Å². The predicted octanol–water partition coefficient (Wildman–Crippen LogP) is 6.70. The first-order valence-corrected chi connectivity index (χ1v) is 15.0. The van der Waals surface area contributed by atoms with Crippen LogP contribution in [0.15, 0.2) is 24.3 Å². The van der Waals surface area contributed by atoms with Gasteiger partial charge in [0.25, 0.3) is 0 Å². The van der Waals surface area contributed by atoms with Gasteiger partial charge in [0.2, 0.25) is 0 Å². The molecule has 0 aliphatic heterocycles. The molecule has 208 valence electrons. The van der Waals surface area contributed by atoms with Gasteiger partial charge in [0.05, 0.1) is 19.3 Å². The molecule has 0 heterocycles. The number of methoxy groups -OCH3 is 1. The van der Waals surface area contributed by atoms with Crippen LogP contribution >= 0.6 is 0 Å². The highest BCUT2D eigenvalue weighted by molar-refractivity contribution is 5.81. The van der Waals surface area contributed by atoms with Crippen LogP contribution < -0.4 is 0 Å². The number of carbonyl (C=O) groups is 1. The first-order chi connectivity index (χ1) is 17.2. The van der Waals surface area contributed by atoms with Gasteiger partial charge in [-0.3, -0.25) is 0 Å². The summed E-state index contributed by atoms with van der Waals surface area (Å²) in [5, 5.41) is 22.0. The lowest BCUT2D eigenvalue weighted by atomic mass is 9.32. The van der Waals surface area contributed by atoms with Crippen LogP contribution in [0.3, 0.4) is 0 Å². The molecule has 5 saturated carbocycles. The van der Waals surface area contributed by atoms with Crippen LogP contribution in [0.5, 0.6) is 0 Å². The second-order valence-electron chi connectivity index (χ2n) is 15.3. The fraction of sp³-hybridized carbons (Fsp3) is 0.848. The van der Waals surface area contributed by atoms with E-state index in [1.807, 2.05) is 0 Å². The zero-order valence-corrected chi connectivity index (χ0v) is 24.5. The van der Waals surface area contributed by atoms with Crippen molar-refractivity contribution in [2.45, 2.75) is 112 Å². The van der Waals surface area contributed by atoms with E-state index in [-0.39, 0.29) is 33.0 Å². The second-order valence-corrected chi connectivity index (χ2v) is 15.3. The summed E-state index contributed by atoms with van der Waals surface area (Å²) >= 11 is 0. The number of fused-ring (bicyclic) bond motifs is 7. The molecule has 4 heteroatoms. The Morgan fingerprint density at radius 1 is 0.919 bits per heavy atom. The third kappa shape index (κ3) is 3.56. The van der Waals surface area contributed by atoms with Gasteiger partial charge >= 0.3 is 5.97 Å². The molecule has 0 bridgehead atoms. The summed E-state index contributed by atoms with van der Waals surface area (Å²) in [5.41, 5.74) is 1.52. The van der Waals surface area contributed by atoms with Crippen molar-refractivity contribution in [3.8, 4) is 0 Å². The van der Waals surface area contributed by atoms with Gasteiger partial charge in [0.15, 0.2) is 0 Å². The molecule has 11 atom stereocenters. The fourth-order valence-electron chi connectivity index (χ4n) is 11.9. The highest BCUT2D eigenvalue weighted by Crippen LogP contribution is 2.77. The maximum absolute atomic E-state index is 12.1. The van der Waals surface area contributed by atoms with Gasteiger partial charge in [-0.2, -0.15) is 0 Å². The first kappa shape index (κ1) is 27.4. The molecule has 0 spiro atoms. The summed E-state index contributed by atoms with van der Waals surface area (Å²) < 4.78 is 4.99. The van der Waals surface area contributed by atoms with Crippen molar-refractivity contribution in [2.75, 3.05) is 7.11 Å². The minimum Gasteiger partial charge on any atom is -0.466 e. The van der Waals surface area contributed by atoms with Gasteiger partial charge in [-0.05, 0) is 121 Å². The molecule has 4 unspecified atom stereocenters. The Morgan fingerprint density at radius 3 is 2.27 bits per heavy atom. The molecule has 0 aromatic rings. The zero-order chi connectivity index (χ0) is 27.2. The molecule has 0 aromatic heterocycles. The highest BCUT2D eigenvalue weighted by Gasteiger charge is 2.71. The van der Waals surface area contributed by atoms with Gasteiger partial charge in [-0.15, -0.1) is 0 Å².